The van der Waals surface area contributed by atoms with E-state index in [-0.39, 0.29) is 5.91 Å². The largest absolute Gasteiger partial charge is 0.272 e. The average Bonchev–Trinajstić information content (AvgIpc) is 2.59. The molecule has 0 aromatic heterocycles. The molecule has 0 bridgehead atoms. The van der Waals surface area contributed by atoms with Gasteiger partial charge in [-0.1, -0.05) is 36.1 Å². The van der Waals surface area contributed by atoms with Crippen LogP contribution in [-0.2, 0) is 4.79 Å². The Morgan fingerprint density at radius 1 is 1.44 bits per heavy atom. The summed E-state index contributed by atoms with van der Waals surface area (Å²) < 4.78 is 1.69. The van der Waals surface area contributed by atoms with Crippen molar-refractivity contribution < 1.29 is 4.79 Å². The molecule has 1 fully saturated rings. The summed E-state index contributed by atoms with van der Waals surface area (Å²) in [6.07, 6.45) is 1.64. The first-order chi connectivity index (χ1) is 7.66. The van der Waals surface area contributed by atoms with Crippen LogP contribution >= 0.6 is 46.6 Å². The molecule has 1 heterocycles. The van der Waals surface area contributed by atoms with E-state index in [4.69, 9.17) is 12.2 Å². The summed E-state index contributed by atoms with van der Waals surface area (Å²) in [7, 11) is 0. The molecule has 6 heteroatoms. The van der Waals surface area contributed by atoms with Gasteiger partial charge in [0.1, 0.15) is 0 Å². The number of benzene rings is 1. The summed E-state index contributed by atoms with van der Waals surface area (Å²) >= 11 is 8.59. The molecule has 0 aliphatic carbocycles. The molecule has 1 amide bonds. The van der Waals surface area contributed by atoms with Gasteiger partial charge in [0.25, 0.3) is 5.91 Å². The Labute approximate surface area is 116 Å². The molecule has 3 nitrogen and oxygen atoms in total. The quantitative estimate of drug-likeness (QED) is 0.460. The van der Waals surface area contributed by atoms with E-state index in [2.05, 4.69) is 27.7 Å². The lowest BCUT2D eigenvalue weighted by Crippen LogP contribution is -2.22. The minimum Gasteiger partial charge on any atom is -0.272 e. The van der Waals surface area contributed by atoms with Gasteiger partial charge in [0.05, 0.1) is 12.0 Å². The fourth-order valence-corrected chi connectivity index (χ4v) is 2.46. The summed E-state index contributed by atoms with van der Waals surface area (Å²) in [5, 5.41) is 5.36. The smallest absolute Gasteiger partial charge is 0.259 e. The van der Waals surface area contributed by atoms with Crippen LogP contribution in [0.5, 0.6) is 0 Å². The number of carbonyl (C=O) groups is 1. The van der Waals surface area contributed by atoms with Crippen molar-refractivity contribution in [1.29, 1.82) is 0 Å². The summed E-state index contributed by atoms with van der Waals surface area (Å²) in [4.78, 5) is 11.4. The topological polar surface area (TPSA) is 32.7 Å². The van der Waals surface area contributed by atoms with Crippen LogP contribution < -0.4 is 0 Å². The lowest BCUT2D eigenvalue weighted by atomic mass is 10.2. The number of carbonyl (C=O) groups excluding carboxylic acids is 1. The van der Waals surface area contributed by atoms with Gasteiger partial charge < -0.3 is 0 Å². The Morgan fingerprint density at radius 2 is 2.12 bits per heavy atom. The van der Waals surface area contributed by atoms with Gasteiger partial charge in [-0.05, 0) is 40.3 Å². The monoisotopic (exact) mass is 362 g/mol. The van der Waals surface area contributed by atoms with Crippen molar-refractivity contribution in [2.24, 2.45) is 5.10 Å². The molecule has 1 aromatic carbocycles. The van der Waals surface area contributed by atoms with E-state index < -0.39 is 0 Å². The second-order valence-corrected chi connectivity index (χ2v) is 5.91. The number of thiocarbonyl (C=S) groups is 1. The molecule has 1 aromatic rings. The van der Waals surface area contributed by atoms with Gasteiger partial charge in [0.15, 0.2) is 4.32 Å². The zero-order valence-corrected chi connectivity index (χ0v) is 11.9. The molecule has 0 radical (unpaired) electrons. The SMILES string of the molecule is O=C1CSC(=S)N1/N=C/c1ccc(I)cc1. The van der Waals surface area contributed by atoms with Crippen LogP contribution in [-0.4, -0.2) is 27.2 Å². The molecule has 16 heavy (non-hydrogen) atoms. The van der Waals surface area contributed by atoms with E-state index in [1.807, 2.05) is 24.3 Å². The normalized spacial score (nSPS) is 16.4. The summed E-state index contributed by atoms with van der Waals surface area (Å²) in [5.41, 5.74) is 0.952. The van der Waals surface area contributed by atoms with Crippen LogP contribution in [0.15, 0.2) is 29.4 Å². The molecule has 82 valence electrons. The second kappa shape index (κ2) is 5.24. The lowest BCUT2D eigenvalue weighted by Gasteiger charge is -2.06. The van der Waals surface area contributed by atoms with E-state index in [9.17, 15) is 4.79 Å². The number of rotatable bonds is 2. The molecule has 0 unspecified atom stereocenters. The average molecular weight is 362 g/mol. The van der Waals surface area contributed by atoms with Gasteiger partial charge in [0, 0.05) is 3.57 Å². The predicted octanol–water partition coefficient (Wildman–Crippen LogP) is 2.49. The Hall–Kier alpha value is -0.470. The first-order valence-corrected chi connectivity index (χ1v) is 6.93. The summed E-state index contributed by atoms with van der Waals surface area (Å²) in [6.45, 7) is 0. The van der Waals surface area contributed by atoms with Crippen molar-refractivity contribution in [3.63, 3.8) is 0 Å². The molecular formula is C10H7IN2OS2. The van der Waals surface area contributed by atoms with Crippen molar-refractivity contribution >= 4 is 63.0 Å². The van der Waals surface area contributed by atoms with Gasteiger partial charge in [-0.3, -0.25) is 4.79 Å². The van der Waals surface area contributed by atoms with Gasteiger partial charge in [-0.2, -0.15) is 10.1 Å². The number of nitrogens with zero attached hydrogens (tertiary/aromatic N) is 2. The molecule has 0 atom stereocenters. The highest BCUT2D eigenvalue weighted by molar-refractivity contribution is 14.1. The minimum absolute atomic E-state index is 0.0586. The Balaban J connectivity index is 2.12. The van der Waals surface area contributed by atoms with E-state index >= 15 is 0 Å². The van der Waals surface area contributed by atoms with E-state index in [0.29, 0.717) is 10.1 Å². The third kappa shape index (κ3) is 2.80. The maximum atomic E-state index is 11.4. The lowest BCUT2D eigenvalue weighted by molar-refractivity contribution is -0.123. The zero-order chi connectivity index (χ0) is 11.5. The van der Waals surface area contributed by atoms with Crippen LogP contribution in [0, 0.1) is 3.57 Å². The van der Waals surface area contributed by atoms with E-state index in [1.54, 1.807) is 6.21 Å². The van der Waals surface area contributed by atoms with Crippen molar-refractivity contribution in [2.75, 3.05) is 5.75 Å². The number of halogens is 1. The van der Waals surface area contributed by atoms with Gasteiger partial charge in [-0.25, -0.2) is 0 Å². The standard InChI is InChI=1S/C10H7IN2OS2/c11-8-3-1-7(2-4-8)5-12-13-9(14)6-16-10(13)15/h1-5H,6H2/b12-5+. The number of hydrogen-bond donors (Lipinski definition) is 0. The maximum absolute atomic E-state index is 11.4. The zero-order valence-electron chi connectivity index (χ0n) is 8.09. The fraction of sp³-hybridized carbons (Fsp3) is 0.100. The van der Waals surface area contributed by atoms with Crippen molar-refractivity contribution in [3.05, 3.63) is 33.4 Å². The number of hydrazone groups is 1. The van der Waals surface area contributed by atoms with Crippen molar-refractivity contribution in [2.45, 2.75) is 0 Å². The first-order valence-electron chi connectivity index (χ1n) is 4.46. The highest BCUT2D eigenvalue weighted by Crippen LogP contribution is 2.19. The highest BCUT2D eigenvalue weighted by Gasteiger charge is 2.25. The molecule has 0 saturated carbocycles. The summed E-state index contributed by atoms with van der Waals surface area (Å²) in [6, 6.07) is 7.87. The molecule has 0 spiro atoms. The molecule has 1 aliphatic heterocycles. The number of thioether (sulfide) groups is 1. The number of hydrogen-bond acceptors (Lipinski definition) is 4. The van der Waals surface area contributed by atoms with E-state index in [1.165, 1.54) is 16.8 Å². The van der Waals surface area contributed by atoms with Crippen LogP contribution in [0.25, 0.3) is 0 Å². The molecular weight excluding hydrogens is 355 g/mol. The second-order valence-electron chi connectivity index (χ2n) is 3.06. The number of amides is 1. The Morgan fingerprint density at radius 3 is 2.69 bits per heavy atom. The first kappa shape index (κ1) is 12.0. The Kier molecular flexibility index (Phi) is 3.93. The van der Waals surface area contributed by atoms with Gasteiger partial charge in [-0.15, -0.1) is 0 Å². The molecule has 2 rings (SSSR count). The predicted molar refractivity (Wildman–Crippen MR) is 78.7 cm³/mol. The van der Waals surface area contributed by atoms with E-state index in [0.717, 1.165) is 9.13 Å². The van der Waals surface area contributed by atoms with Gasteiger partial charge in [0.2, 0.25) is 0 Å². The van der Waals surface area contributed by atoms with Crippen LogP contribution in [0.3, 0.4) is 0 Å². The molecule has 1 saturated heterocycles. The van der Waals surface area contributed by atoms with Crippen LogP contribution in [0.2, 0.25) is 0 Å². The van der Waals surface area contributed by atoms with Crippen molar-refractivity contribution in [1.82, 2.24) is 5.01 Å². The summed E-state index contributed by atoms with van der Waals surface area (Å²) in [5.74, 6) is 0.333. The maximum Gasteiger partial charge on any atom is 0.259 e. The van der Waals surface area contributed by atoms with Gasteiger partial charge >= 0.3 is 0 Å². The Bertz CT molecular complexity index is 442. The highest BCUT2D eigenvalue weighted by atomic mass is 127. The van der Waals surface area contributed by atoms with Crippen LogP contribution in [0.1, 0.15) is 5.56 Å². The third-order valence-electron chi connectivity index (χ3n) is 1.92. The minimum atomic E-state index is -0.0586. The third-order valence-corrected chi connectivity index (χ3v) is 3.98. The fourth-order valence-electron chi connectivity index (χ4n) is 1.13. The molecule has 1 aliphatic rings. The van der Waals surface area contributed by atoms with Crippen LogP contribution in [0.4, 0.5) is 0 Å². The molecule has 0 N–H and O–H groups in total. The van der Waals surface area contributed by atoms with Crippen molar-refractivity contribution in [3.8, 4) is 0 Å².